The van der Waals surface area contributed by atoms with Gasteiger partial charge >= 0.3 is 6.03 Å². The summed E-state index contributed by atoms with van der Waals surface area (Å²) in [5.74, 6) is 0. The molecule has 0 radical (unpaired) electrons. The van der Waals surface area contributed by atoms with Crippen molar-refractivity contribution in [3.8, 4) is 0 Å². The zero-order valence-corrected chi connectivity index (χ0v) is 13.6. The van der Waals surface area contributed by atoms with Gasteiger partial charge in [0.25, 0.3) is 0 Å². The van der Waals surface area contributed by atoms with Gasteiger partial charge in [0.1, 0.15) is 5.01 Å². The standard InChI is InChI=1S/C15H20N4O2S/c1-3-19(8-9-20)15(21)16-14-18-17-13(22-14)10-12-6-4-11(2)5-7-12/h4-7,20H,3,8-10H2,1-2H3,(H,16,18,21). The number of likely N-dealkylation sites (N-methyl/N-ethyl adjacent to an activating group) is 1. The van der Waals surface area contributed by atoms with Gasteiger partial charge in [-0.2, -0.15) is 0 Å². The average Bonchev–Trinajstić information content (AvgIpc) is 2.94. The number of rotatable bonds is 6. The highest BCUT2D eigenvalue weighted by molar-refractivity contribution is 7.15. The molecule has 0 aliphatic heterocycles. The molecule has 0 aliphatic rings. The molecule has 2 aromatic rings. The minimum absolute atomic E-state index is 0.0595. The number of aliphatic hydroxyl groups excluding tert-OH is 1. The van der Waals surface area contributed by atoms with Crippen LogP contribution in [0.5, 0.6) is 0 Å². The first kappa shape index (κ1) is 16.4. The van der Waals surface area contributed by atoms with Crippen LogP contribution < -0.4 is 5.32 Å². The summed E-state index contributed by atoms with van der Waals surface area (Å²) in [6.45, 7) is 4.68. The Morgan fingerprint density at radius 2 is 2.05 bits per heavy atom. The molecule has 0 unspecified atom stereocenters. The number of carbonyl (C=O) groups is 1. The van der Waals surface area contributed by atoms with E-state index in [-0.39, 0.29) is 12.6 Å². The lowest BCUT2D eigenvalue weighted by Crippen LogP contribution is -2.36. The van der Waals surface area contributed by atoms with E-state index in [1.165, 1.54) is 21.8 Å². The zero-order chi connectivity index (χ0) is 15.9. The number of aliphatic hydroxyl groups is 1. The Balaban J connectivity index is 1.96. The number of benzene rings is 1. The van der Waals surface area contributed by atoms with Crippen molar-refractivity contribution in [1.29, 1.82) is 0 Å². The Morgan fingerprint density at radius 3 is 2.68 bits per heavy atom. The number of nitrogens with one attached hydrogen (secondary N) is 1. The SMILES string of the molecule is CCN(CCO)C(=O)Nc1nnc(Cc2ccc(C)cc2)s1. The summed E-state index contributed by atoms with van der Waals surface area (Å²) in [5.41, 5.74) is 2.38. The van der Waals surface area contributed by atoms with Gasteiger partial charge in [-0.25, -0.2) is 4.79 Å². The van der Waals surface area contributed by atoms with Crippen LogP contribution in [0.4, 0.5) is 9.93 Å². The predicted octanol–water partition coefficient (Wildman–Crippen LogP) is 2.28. The second-order valence-corrected chi connectivity index (χ2v) is 5.96. The van der Waals surface area contributed by atoms with E-state index < -0.39 is 0 Å². The Kier molecular flexibility index (Phi) is 5.85. The number of nitrogens with zero attached hydrogens (tertiary/aromatic N) is 3. The summed E-state index contributed by atoms with van der Waals surface area (Å²) in [6, 6.07) is 7.99. The Labute approximate surface area is 133 Å². The molecular formula is C15H20N4O2S. The molecule has 0 fully saturated rings. The van der Waals surface area contributed by atoms with E-state index in [1.807, 2.05) is 13.8 Å². The molecule has 6 nitrogen and oxygen atoms in total. The predicted molar refractivity (Wildman–Crippen MR) is 87.2 cm³/mol. The van der Waals surface area contributed by atoms with Crippen molar-refractivity contribution in [2.24, 2.45) is 0 Å². The largest absolute Gasteiger partial charge is 0.395 e. The molecule has 0 spiro atoms. The molecule has 22 heavy (non-hydrogen) atoms. The number of aromatic nitrogens is 2. The third kappa shape index (κ3) is 4.51. The minimum Gasteiger partial charge on any atom is -0.395 e. The van der Waals surface area contributed by atoms with Crippen molar-refractivity contribution in [2.45, 2.75) is 20.3 Å². The number of hydrogen-bond donors (Lipinski definition) is 2. The van der Waals surface area contributed by atoms with Crippen LogP contribution in [-0.4, -0.2) is 45.9 Å². The van der Waals surface area contributed by atoms with Gasteiger partial charge in [0.2, 0.25) is 5.13 Å². The fourth-order valence-corrected chi connectivity index (χ4v) is 2.71. The summed E-state index contributed by atoms with van der Waals surface area (Å²) >= 11 is 1.36. The highest BCUT2D eigenvalue weighted by Crippen LogP contribution is 2.19. The second kappa shape index (κ2) is 7.86. The topological polar surface area (TPSA) is 78.4 Å². The van der Waals surface area contributed by atoms with Crippen LogP contribution in [-0.2, 0) is 6.42 Å². The summed E-state index contributed by atoms with van der Waals surface area (Å²) < 4.78 is 0. The highest BCUT2D eigenvalue weighted by Gasteiger charge is 2.13. The molecule has 2 rings (SSSR count). The molecule has 2 N–H and O–H groups in total. The van der Waals surface area contributed by atoms with Crippen LogP contribution in [0, 0.1) is 6.92 Å². The van der Waals surface area contributed by atoms with Crippen molar-refractivity contribution < 1.29 is 9.90 Å². The lowest BCUT2D eigenvalue weighted by atomic mass is 10.1. The van der Waals surface area contributed by atoms with Gasteiger partial charge in [-0.05, 0) is 19.4 Å². The van der Waals surface area contributed by atoms with E-state index in [0.717, 1.165) is 10.6 Å². The fourth-order valence-electron chi connectivity index (χ4n) is 1.95. The van der Waals surface area contributed by atoms with Crippen molar-refractivity contribution in [3.05, 3.63) is 40.4 Å². The molecule has 0 atom stereocenters. The first-order chi connectivity index (χ1) is 10.6. The van der Waals surface area contributed by atoms with Gasteiger partial charge in [-0.15, -0.1) is 10.2 Å². The maximum absolute atomic E-state index is 12.0. The van der Waals surface area contributed by atoms with Crippen molar-refractivity contribution in [3.63, 3.8) is 0 Å². The van der Waals surface area contributed by atoms with Crippen LogP contribution >= 0.6 is 11.3 Å². The minimum atomic E-state index is -0.269. The summed E-state index contributed by atoms with van der Waals surface area (Å²) in [5, 5.41) is 21.1. The fraction of sp³-hybridized carbons (Fsp3) is 0.400. The van der Waals surface area contributed by atoms with E-state index >= 15 is 0 Å². The van der Waals surface area contributed by atoms with Crippen molar-refractivity contribution >= 4 is 22.5 Å². The van der Waals surface area contributed by atoms with Gasteiger partial charge in [0.15, 0.2) is 0 Å². The molecule has 0 aliphatic carbocycles. The van der Waals surface area contributed by atoms with Crippen LogP contribution in [0.1, 0.15) is 23.1 Å². The van der Waals surface area contributed by atoms with E-state index in [0.29, 0.717) is 24.6 Å². The Hall–Kier alpha value is -1.99. The quantitative estimate of drug-likeness (QED) is 0.856. The molecule has 2 amide bonds. The van der Waals surface area contributed by atoms with Crippen LogP contribution in [0.2, 0.25) is 0 Å². The second-order valence-electron chi connectivity index (χ2n) is 4.90. The van der Waals surface area contributed by atoms with E-state index in [4.69, 9.17) is 5.11 Å². The van der Waals surface area contributed by atoms with E-state index in [2.05, 4.69) is 39.8 Å². The van der Waals surface area contributed by atoms with Crippen molar-refractivity contribution in [2.75, 3.05) is 25.0 Å². The number of aryl methyl sites for hydroxylation is 1. The lowest BCUT2D eigenvalue weighted by molar-refractivity contribution is 0.192. The molecule has 118 valence electrons. The Bertz CT molecular complexity index is 612. The Morgan fingerprint density at radius 1 is 1.32 bits per heavy atom. The summed E-state index contributed by atoms with van der Waals surface area (Å²) in [6.07, 6.45) is 0.696. The number of carbonyl (C=O) groups excluding carboxylic acids is 1. The molecule has 0 saturated heterocycles. The molecular weight excluding hydrogens is 300 g/mol. The lowest BCUT2D eigenvalue weighted by Gasteiger charge is -2.18. The first-order valence-corrected chi connectivity index (χ1v) is 7.98. The van der Waals surface area contributed by atoms with Gasteiger partial charge in [-0.3, -0.25) is 5.32 Å². The van der Waals surface area contributed by atoms with Gasteiger partial charge in [0, 0.05) is 19.5 Å². The molecule has 0 bridgehead atoms. The third-order valence-electron chi connectivity index (χ3n) is 3.20. The average molecular weight is 320 g/mol. The molecule has 0 saturated carbocycles. The summed E-state index contributed by atoms with van der Waals surface area (Å²) in [4.78, 5) is 13.5. The number of urea groups is 1. The van der Waals surface area contributed by atoms with Crippen LogP contribution in [0.3, 0.4) is 0 Å². The van der Waals surface area contributed by atoms with Gasteiger partial charge < -0.3 is 10.0 Å². The van der Waals surface area contributed by atoms with Crippen LogP contribution in [0.25, 0.3) is 0 Å². The van der Waals surface area contributed by atoms with Gasteiger partial charge in [0.05, 0.1) is 6.61 Å². The first-order valence-electron chi connectivity index (χ1n) is 7.17. The normalized spacial score (nSPS) is 10.5. The number of anilines is 1. The molecule has 1 heterocycles. The van der Waals surface area contributed by atoms with E-state index in [1.54, 1.807) is 0 Å². The molecule has 1 aromatic heterocycles. The van der Waals surface area contributed by atoms with Gasteiger partial charge in [-0.1, -0.05) is 41.2 Å². The number of hydrogen-bond acceptors (Lipinski definition) is 5. The molecule has 1 aromatic carbocycles. The third-order valence-corrected chi connectivity index (χ3v) is 4.03. The maximum Gasteiger partial charge on any atom is 0.323 e. The maximum atomic E-state index is 12.0. The highest BCUT2D eigenvalue weighted by atomic mass is 32.1. The number of amides is 2. The van der Waals surface area contributed by atoms with Crippen molar-refractivity contribution in [1.82, 2.24) is 15.1 Å². The van der Waals surface area contributed by atoms with Crippen LogP contribution in [0.15, 0.2) is 24.3 Å². The zero-order valence-electron chi connectivity index (χ0n) is 12.7. The molecule has 7 heteroatoms. The summed E-state index contributed by atoms with van der Waals surface area (Å²) in [7, 11) is 0. The smallest absolute Gasteiger partial charge is 0.323 e. The monoisotopic (exact) mass is 320 g/mol. The van der Waals surface area contributed by atoms with E-state index in [9.17, 15) is 4.79 Å².